The van der Waals surface area contributed by atoms with Gasteiger partial charge in [0.15, 0.2) is 5.69 Å². The Morgan fingerprint density at radius 3 is 2.95 bits per heavy atom. The summed E-state index contributed by atoms with van der Waals surface area (Å²) in [5.74, 6) is -0.243. The molecule has 3 rings (SSSR count). The summed E-state index contributed by atoms with van der Waals surface area (Å²) in [5.41, 5.74) is 3.17. The molecule has 0 radical (unpaired) electrons. The van der Waals surface area contributed by atoms with E-state index in [0.29, 0.717) is 21.4 Å². The van der Waals surface area contributed by atoms with Crippen LogP contribution >= 0.6 is 23.2 Å². The van der Waals surface area contributed by atoms with Crippen LogP contribution in [0.1, 0.15) is 28.2 Å². The van der Waals surface area contributed by atoms with Gasteiger partial charge in [-0.25, -0.2) is 0 Å². The highest BCUT2D eigenvalue weighted by atomic mass is 35.5. The minimum Gasteiger partial charge on any atom is -0.319 e. The van der Waals surface area contributed by atoms with Gasteiger partial charge in [-0.3, -0.25) is 9.48 Å². The summed E-state index contributed by atoms with van der Waals surface area (Å²) in [7, 11) is 1.87. The van der Waals surface area contributed by atoms with Crippen LogP contribution in [-0.4, -0.2) is 15.7 Å². The van der Waals surface area contributed by atoms with Crippen LogP contribution in [0.25, 0.3) is 0 Å². The minimum absolute atomic E-state index is 0.243. The molecule has 1 aliphatic rings. The number of hydrogen-bond acceptors (Lipinski definition) is 2. The molecule has 1 aliphatic carbocycles. The van der Waals surface area contributed by atoms with Gasteiger partial charge in [-0.1, -0.05) is 23.2 Å². The van der Waals surface area contributed by atoms with Crippen molar-refractivity contribution >= 4 is 34.8 Å². The molecule has 1 aromatic carbocycles. The van der Waals surface area contributed by atoms with Crippen LogP contribution in [0.5, 0.6) is 0 Å². The van der Waals surface area contributed by atoms with Crippen LogP contribution in [0, 0.1) is 0 Å². The quantitative estimate of drug-likeness (QED) is 0.923. The van der Waals surface area contributed by atoms with Crippen molar-refractivity contribution in [3.8, 4) is 0 Å². The molecule has 6 heteroatoms. The van der Waals surface area contributed by atoms with Crippen molar-refractivity contribution in [2.45, 2.75) is 19.3 Å². The number of nitrogens with one attached hydrogen (secondary N) is 1. The zero-order chi connectivity index (χ0) is 14.3. The Labute approximate surface area is 126 Å². The maximum atomic E-state index is 12.4. The van der Waals surface area contributed by atoms with Crippen molar-refractivity contribution in [1.82, 2.24) is 9.78 Å². The van der Waals surface area contributed by atoms with E-state index < -0.39 is 0 Å². The molecule has 20 heavy (non-hydrogen) atoms. The number of benzene rings is 1. The average molecular weight is 310 g/mol. The highest BCUT2D eigenvalue weighted by Crippen LogP contribution is 2.28. The Kier molecular flexibility index (Phi) is 3.44. The Hall–Kier alpha value is -1.52. The molecular formula is C14H13Cl2N3O. The Morgan fingerprint density at radius 1 is 1.35 bits per heavy atom. The number of aromatic nitrogens is 2. The maximum Gasteiger partial charge on any atom is 0.276 e. The molecule has 1 amide bonds. The highest BCUT2D eigenvalue weighted by molar-refractivity contribution is 6.35. The lowest BCUT2D eigenvalue weighted by atomic mass is 10.2. The van der Waals surface area contributed by atoms with Crippen LogP contribution in [0.2, 0.25) is 10.0 Å². The summed E-state index contributed by atoms with van der Waals surface area (Å²) >= 11 is 12.0. The Morgan fingerprint density at radius 2 is 2.15 bits per heavy atom. The monoisotopic (exact) mass is 309 g/mol. The molecule has 0 bridgehead atoms. The summed E-state index contributed by atoms with van der Waals surface area (Å²) in [6, 6.07) is 4.96. The van der Waals surface area contributed by atoms with Crippen LogP contribution in [-0.2, 0) is 19.9 Å². The normalized spacial score (nSPS) is 13.3. The molecule has 0 spiro atoms. The molecule has 0 unspecified atom stereocenters. The zero-order valence-electron chi connectivity index (χ0n) is 10.9. The number of amides is 1. The van der Waals surface area contributed by atoms with Crippen molar-refractivity contribution in [2.75, 3.05) is 5.32 Å². The number of anilines is 1. The van der Waals surface area contributed by atoms with E-state index >= 15 is 0 Å². The van der Waals surface area contributed by atoms with E-state index in [-0.39, 0.29) is 5.91 Å². The topological polar surface area (TPSA) is 46.9 Å². The molecule has 104 valence electrons. The summed E-state index contributed by atoms with van der Waals surface area (Å²) in [6.07, 6.45) is 2.94. The van der Waals surface area contributed by atoms with Crippen molar-refractivity contribution in [1.29, 1.82) is 0 Å². The largest absolute Gasteiger partial charge is 0.319 e. The number of carbonyl (C=O) groups excluding carboxylic acids is 1. The summed E-state index contributed by atoms with van der Waals surface area (Å²) < 4.78 is 1.79. The average Bonchev–Trinajstić information content (AvgIpc) is 2.98. The van der Waals surface area contributed by atoms with Gasteiger partial charge in [0, 0.05) is 23.3 Å². The summed E-state index contributed by atoms with van der Waals surface area (Å²) in [4.78, 5) is 12.4. The molecular weight excluding hydrogens is 297 g/mol. The number of aryl methyl sites for hydroxylation is 1. The smallest absolute Gasteiger partial charge is 0.276 e. The lowest BCUT2D eigenvalue weighted by molar-refractivity contribution is 0.102. The SMILES string of the molecule is Cn1nc(C(=O)Nc2cc(Cl)ccc2Cl)c2c1CCC2. The molecule has 0 aliphatic heterocycles. The number of nitrogens with zero attached hydrogens (tertiary/aromatic N) is 2. The fraction of sp³-hybridized carbons (Fsp3) is 0.286. The van der Waals surface area contributed by atoms with Crippen molar-refractivity contribution in [3.63, 3.8) is 0 Å². The molecule has 0 atom stereocenters. The van der Waals surface area contributed by atoms with Crippen molar-refractivity contribution in [2.24, 2.45) is 7.05 Å². The van der Waals surface area contributed by atoms with E-state index in [1.807, 2.05) is 7.05 Å². The molecule has 2 aromatic rings. The van der Waals surface area contributed by atoms with Gasteiger partial charge in [0.05, 0.1) is 10.7 Å². The first-order chi connectivity index (χ1) is 9.56. The number of fused-ring (bicyclic) bond motifs is 1. The maximum absolute atomic E-state index is 12.4. The minimum atomic E-state index is -0.243. The van der Waals surface area contributed by atoms with E-state index in [1.54, 1.807) is 22.9 Å². The second-order valence-electron chi connectivity index (χ2n) is 4.83. The van der Waals surface area contributed by atoms with Gasteiger partial charge in [-0.2, -0.15) is 5.10 Å². The van der Waals surface area contributed by atoms with E-state index in [1.165, 1.54) is 0 Å². The molecule has 1 heterocycles. The van der Waals surface area contributed by atoms with Gasteiger partial charge in [0.2, 0.25) is 0 Å². The third kappa shape index (κ3) is 2.30. The number of halogens is 2. The molecule has 0 saturated heterocycles. The fourth-order valence-electron chi connectivity index (χ4n) is 2.57. The Bertz CT molecular complexity index is 694. The molecule has 0 fully saturated rings. The zero-order valence-corrected chi connectivity index (χ0v) is 12.4. The van der Waals surface area contributed by atoms with Crippen LogP contribution in [0.15, 0.2) is 18.2 Å². The van der Waals surface area contributed by atoms with Gasteiger partial charge in [-0.15, -0.1) is 0 Å². The van der Waals surface area contributed by atoms with Crippen LogP contribution in [0.4, 0.5) is 5.69 Å². The molecule has 4 nitrogen and oxygen atoms in total. The van der Waals surface area contributed by atoms with Crippen molar-refractivity contribution < 1.29 is 4.79 Å². The molecule has 0 saturated carbocycles. The first kappa shape index (κ1) is 13.5. The first-order valence-electron chi connectivity index (χ1n) is 6.37. The lowest BCUT2D eigenvalue weighted by Crippen LogP contribution is -2.15. The standard InChI is InChI=1S/C14H13Cl2N3O/c1-19-12-4-2-3-9(12)13(18-19)14(20)17-11-7-8(15)5-6-10(11)16/h5-7H,2-4H2,1H3,(H,17,20). The van der Waals surface area contributed by atoms with Gasteiger partial charge in [-0.05, 0) is 37.5 Å². The fourth-order valence-corrected chi connectivity index (χ4v) is 2.90. The van der Waals surface area contributed by atoms with Gasteiger partial charge in [0.1, 0.15) is 0 Å². The predicted octanol–water partition coefficient (Wildman–Crippen LogP) is 3.47. The highest BCUT2D eigenvalue weighted by Gasteiger charge is 2.25. The van der Waals surface area contributed by atoms with Gasteiger partial charge >= 0.3 is 0 Å². The number of rotatable bonds is 2. The summed E-state index contributed by atoms with van der Waals surface area (Å²) in [6.45, 7) is 0. The second kappa shape index (κ2) is 5.11. The first-order valence-corrected chi connectivity index (χ1v) is 7.13. The van der Waals surface area contributed by atoms with E-state index in [0.717, 1.165) is 30.5 Å². The number of hydrogen-bond donors (Lipinski definition) is 1. The van der Waals surface area contributed by atoms with E-state index in [2.05, 4.69) is 10.4 Å². The van der Waals surface area contributed by atoms with Crippen LogP contribution < -0.4 is 5.32 Å². The molecule has 1 N–H and O–H groups in total. The Balaban J connectivity index is 1.90. The van der Waals surface area contributed by atoms with E-state index in [4.69, 9.17) is 23.2 Å². The van der Waals surface area contributed by atoms with Crippen LogP contribution in [0.3, 0.4) is 0 Å². The van der Waals surface area contributed by atoms with Gasteiger partial charge in [0.25, 0.3) is 5.91 Å². The predicted molar refractivity (Wildman–Crippen MR) is 79.6 cm³/mol. The number of carbonyl (C=O) groups is 1. The third-order valence-corrected chi connectivity index (χ3v) is 4.07. The second-order valence-corrected chi connectivity index (χ2v) is 5.67. The summed E-state index contributed by atoms with van der Waals surface area (Å²) in [5, 5.41) is 8.07. The third-order valence-electron chi connectivity index (χ3n) is 3.51. The molecule has 1 aromatic heterocycles. The van der Waals surface area contributed by atoms with Crippen molar-refractivity contribution in [3.05, 3.63) is 45.2 Å². The van der Waals surface area contributed by atoms with E-state index in [9.17, 15) is 4.79 Å². The lowest BCUT2D eigenvalue weighted by Gasteiger charge is -2.07. The van der Waals surface area contributed by atoms with Gasteiger partial charge < -0.3 is 5.32 Å².